The smallest absolute Gasteiger partial charge is 0.257 e. The highest BCUT2D eigenvalue weighted by Gasteiger charge is 2.13. The van der Waals surface area contributed by atoms with Gasteiger partial charge in [0.05, 0.1) is 5.57 Å². The van der Waals surface area contributed by atoms with Crippen LogP contribution in [0.1, 0.15) is 29.2 Å². The molecule has 0 aliphatic rings. The van der Waals surface area contributed by atoms with Gasteiger partial charge in [-0.05, 0) is 26.0 Å². The number of allylic oxidation sites excluding steroid dienone is 2. The van der Waals surface area contributed by atoms with E-state index in [-0.39, 0.29) is 5.91 Å². The van der Waals surface area contributed by atoms with E-state index in [2.05, 4.69) is 21.6 Å². The molecule has 6 heteroatoms. The highest BCUT2D eigenvalue weighted by molar-refractivity contribution is 7.16. The lowest BCUT2D eigenvalue weighted by Gasteiger charge is -1.99. The minimum Gasteiger partial charge on any atom is -0.296 e. The molecule has 0 atom stereocenters. The molecule has 20 heavy (non-hydrogen) atoms. The fraction of sp³-hybridized carbons (Fsp3) is 0.143. The Balaban J connectivity index is 2.17. The predicted octanol–water partition coefficient (Wildman–Crippen LogP) is 3.11. The molecule has 0 fully saturated rings. The molecule has 1 aromatic heterocycles. The second kappa shape index (κ2) is 6.08. The van der Waals surface area contributed by atoms with Gasteiger partial charge in [0.1, 0.15) is 6.07 Å². The van der Waals surface area contributed by atoms with Gasteiger partial charge in [-0.15, -0.1) is 10.2 Å². The fourth-order valence-corrected chi connectivity index (χ4v) is 2.35. The van der Waals surface area contributed by atoms with Crippen molar-refractivity contribution in [3.05, 3.63) is 46.5 Å². The van der Waals surface area contributed by atoms with Gasteiger partial charge in [-0.2, -0.15) is 5.26 Å². The first-order valence-corrected chi connectivity index (χ1v) is 6.71. The summed E-state index contributed by atoms with van der Waals surface area (Å²) in [6, 6.07) is 10.9. The van der Waals surface area contributed by atoms with Crippen LogP contribution in [0.25, 0.3) is 5.57 Å². The van der Waals surface area contributed by atoms with Crippen molar-refractivity contribution in [3.63, 3.8) is 0 Å². The van der Waals surface area contributed by atoms with E-state index >= 15 is 0 Å². The molecule has 0 radical (unpaired) electrons. The molecule has 0 aliphatic heterocycles. The number of carbonyl (C=O) groups excluding carboxylic acids is 1. The molecule has 0 saturated heterocycles. The van der Waals surface area contributed by atoms with E-state index in [1.54, 1.807) is 24.3 Å². The SMILES string of the molecule is CC(C)=C(C#N)c1nnc(NC(=O)c2ccccc2)s1. The molecule has 0 unspecified atom stereocenters. The van der Waals surface area contributed by atoms with Gasteiger partial charge in [0.2, 0.25) is 5.13 Å². The van der Waals surface area contributed by atoms with Crippen LogP contribution in [-0.2, 0) is 0 Å². The van der Waals surface area contributed by atoms with Crippen molar-refractivity contribution in [1.29, 1.82) is 5.26 Å². The number of anilines is 1. The molecule has 1 aromatic carbocycles. The average Bonchev–Trinajstić information content (AvgIpc) is 2.88. The van der Waals surface area contributed by atoms with Crippen LogP contribution in [0.5, 0.6) is 0 Å². The summed E-state index contributed by atoms with van der Waals surface area (Å²) in [6.45, 7) is 3.67. The molecule has 1 amide bonds. The van der Waals surface area contributed by atoms with Crippen LogP contribution >= 0.6 is 11.3 Å². The van der Waals surface area contributed by atoms with Crippen LogP contribution in [0, 0.1) is 11.3 Å². The molecule has 1 N–H and O–H groups in total. The molecule has 5 nitrogen and oxygen atoms in total. The highest BCUT2D eigenvalue weighted by Crippen LogP contribution is 2.24. The van der Waals surface area contributed by atoms with Crippen LogP contribution in [0.2, 0.25) is 0 Å². The van der Waals surface area contributed by atoms with E-state index in [4.69, 9.17) is 5.26 Å². The molecule has 0 saturated carbocycles. The molecule has 100 valence electrons. The Morgan fingerprint density at radius 2 is 1.95 bits per heavy atom. The van der Waals surface area contributed by atoms with Crippen molar-refractivity contribution in [2.75, 3.05) is 5.32 Å². The average molecular weight is 284 g/mol. The standard InChI is InChI=1S/C14H12N4OS/c1-9(2)11(8-15)13-17-18-14(20-13)16-12(19)10-6-4-3-5-7-10/h3-7H,1-2H3,(H,16,18,19). The van der Waals surface area contributed by atoms with E-state index in [0.29, 0.717) is 21.3 Å². The van der Waals surface area contributed by atoms with Crippen LogP contribution in [0.15, 0.2) is 35.9 Å². The summed E-state index contributed by atoms with van der Waals surface area (Å²) >= 11 is 1.18. The first-order valence-electron chi connectivity index (χ1n) is 5.89. The summed E-state index contributed by atoms with van der Waals surface area (Å²) in [6.07, 6.45) is 0. The monoisotopic (exact) mass is 284 g/mol. The Morgan fingerprint density at radius 3 is 2.55 bits per heavy atom. The largest absolute Gasteiger partial charge is 0.296 e. The van der Waals surface area contributed by atoms with Crippen molar-refractivity contribution in [3.8, 4) is 6.07 Å². The maximum atomic E-state index is 11.9. The summed E-state index contributed by atoms with van der Waals surface area (Å²) in [5.41, 5.74) is 1.90. The number of nitrogens with one attached hydrogen (secondary N) is 1. The minimum absolute atomic E-state index is 0.246. The number of aromatic nitrogens is 2. The van der Waals surface area contributed by atoms with Crippen LogP contribution in [-0.4, -0.2) is 16.1 Å². The van der Waals surface area contributed by atoms with Gasteiger partial charge in [-0.25, -0.2) is 0 Å². The zero-order valence-electron chi connectivity index (χ0n) is 11.0. The first-order chi connectivity index (χ1) is 9.61. The first kappa shape index (κ1) is 13.9. The summed E-state index contributed by atoms with van der Waals surface area (Å²) < 4.78 is 0. The maximum absolute atomic E-state index is 11.9. The number of hydrogen-bond donors (Lipinski definition) is 1. The van der Waals surface area contributed by atoms with E-state index < -0.39 is 0 Å². The van der Waals surface area contributed by atoms with Crippen LogP contribution < -0.4 is 5.32 Å². The summed E-state index contributed by atoms with van der Waals surface area (Å²) in [4.78, 5) is 11.9. The number of benzene rings is 1. The second-order valence-corrected chi connectivity index (χ2v) is 5.20. The predicted molar refractivity (Wildman–Crippen MR) is 78.2 cm³/mol. The van der Waals surface area contributed by atoms with Gasteiger partial charge in [-0.3, -0.25) is 10.1 Å². The quantitative estimate of drug-likeness (QED) is 0.878. The van der Waals surface area contributed by atoms with Crippen molar-refractivity contribution in [2.24, 2.45) is 0 Å². The van der Waals surface area contributed by atoms with E-state index in [0.717, 1.165) is 5.57 Å². The second-order valence-electron chi connectivity index (χ2n) is 4.22. The number of nitriles is 1. The van der Waals surface area contributed by atoms with Crippen LogP contribution in [0.4, 0.5) is 5.13 Å². The van der Waals surface area contributed by atoms with Gasteiger partial charge >= 0.3 is 0 Å². The molecule has 0 aliphatic carbocycles. The van der Waals surface area contributed by atoms with E-state index in [9.17, 15) is 4.79 Å². The maximum Gasteiger partial charge on any atom is 0.257 e. The molecular formula is C14H12N4OS. The summed E-state index contributed by atoms with van der Waals surface area (Å²) in [5, 5.41) is 20.4. The highest BCUT2D eigenvalue weighted by atomic mass is 32.1. The fourth-order valence-electron chi connectivity index (χ4n) is 1.51. The van der Waals surface area contributed by atoms with Gasteiger partial charge in [-0.1, -0.05) is 35.1 Å². The summed E-state index contributed by atoms with van der Waals surface area (Å²) in [5.74, 6) is -0.246. The van der Waals surface area contributed by atoms with Crippen molar-refractivity contribution in [1.82, 2.24) is 10.2 Å². The topological polar surface area (TPSA) is 78.7 Å². The number of hydrogen-bond acceptors (Lipinski definition) is 5. The van der Waals surface area contributed by atoms with Crippen LogP contribution in [0.3, 0.4) is 0 Å². The minimum atomic E-state index is -0.246. The zero-order valence-corrected chi connectivity index (χ0v) is 11.9. The van der Waals surface area contributed by atoms with E-state index in [1.807, 2.05) is 19.9 Å². The molecule has 0 spiro atoms. The molecular weight excluding hydrogens is 272 g/mol. The molecule has 1 heterocycles. The molecule has 2 aromatic rings. The van der Waals surface area contributed by atoms with Crippen molar-refractivity contribution >= 4 is 27.9 Å². The van der Waals surface area contributed by atoms with E-state index in [1.165, 1.54) is 11.3 Å². The lowest BCUT2D eigenvalue weighted by atomic mass is 10.2. The molecule has 2 rings (SSSR count). The number of nitrogens with zero attached hydrogens (tertiary/aromatic N) is 3. The van der Waals surface area contributed by atoms with Gasteiger partial charge in [0, 0.05) is 5.56 Å². The Labute approximate surface area is 120 Å². The Hall–Kier alpha value is -2.52. The van der Waals surface area contributed by atoms with Gasteiger partial charge in [0.25, 0.3) is 5.91 Å². The Morgan fingerprint density at radius 1 is 1.25 bits per heavy atom. The summed E-state index contributed by atoms with van der Waals surface area (Å²) in [7, 11) is 0. The number of amides is 1. The third kappa shape index (κ3) is 3.08. The Bertz CT molecular complexity index is 693. The van der Waals surface area contributed by atoms with Gasteiger partial charge in [0.15, 0.2) is 5.01 Å². The van der Waals surface area contributed by atoms with Crippen molar-refractivity contribution < 1.29 is 4.79 Å². The lowest BCUT2D eigenvalue weighted by Crippen LogP contribution is -2.11. The number of rotatable bonds is 3. The third-order valence-electron chi connectivity index (χ3n) is 2.51. The lowest BCUT2D eigenvalue weighted by molar-refractivity contribution is 0.102. The normalized spacial score (nSPS) is 9.65. The molecule has 0 bridgehead atoms. The van der Waals surface area contributed by atoms with Crippen molar-refractivity contribution in [2.45, 2.75) is 13.8 Å². The zero-order chi connectivity index (χ0) is 14.5. The third-order valence-corrected chi connectivity index (χ3v) is 3.36. The Kier molecular flexibility index (Phi) is 4.23. The van der Waals surface area contributed by atoms with Gasteiger partial charge < -0.3 is 0 Å². The number of carbonyl (C=O) groups is 1.